The largest absolute Gasteiger partial charge is 2.00 e. The van der Waals surface area contributed by atoms with Gasteiger partial charge in [-0.25, -0.2) is 4.98 Å². The molecule has 7 aromatic rings. The topological polar surface area (TPSA) is 44.9 Å². The first-order valence-electron chi connectivity index (χ1n) is 16.8. The van der Waals surface area contributed by atoms with Gasteiger partial charge >= 0.3 is 21.1 Å². The van der Waals surface area contributed by atoms with E-state index in [0.29, 0.717) is 17.4 Å². The van der Waals surface area contributed by atoms with Crippen molar-refractivity contribution >= 4 is 21.8 Å². The van der Waals surface area contributed by atoms with Crippen molar-refractivity contribution in [2.24, 2.45) is 5.92 Å². The number of rotatable bonds is 7. The number of nitrogens with zero attached hydrogens (tertiary/aromatic N) is 4. The minimum absolute atomic E-state index is 0. The van der Waals surface area contributed by atoms with Gasteiger partial charge in [0.1, 0.15) is 5.82 Å². The molecule has 0 saturated heterocycles. The van der Waals surface area contributed by atoms with Crippen LogP contribution < -0.4 is 4.74 Å². The van der Waals surface area contributed by atoms with E-state index < -0.39 is 0 Å². The van der Waals surface area contributed by atoms with Crippen LogP contribution in [0.5, 0.6) is 11.5 Å². The summed E-state index contributed by atoms with van der Waals surface area (Å²) in [5.74, 6) is 2.60. The SMILES string of the molecule is Cc1ccnc(-n2c3[c-]c(Oc4[c-]c(-n5nc(C)c(-c6ccccc6)c5C)cc(CC(C)C)c4)ccc3c3cc(C(C)(C)C)ccc32)c1.[Pt+2]. The normalized spacial score (nSPS) is 11.8. The maximum absolute atomic E-state index is 6.64. The zero-order valence-electron chi connectivity index (χ0n) is 29.5. The average Bonchev–Trinajstić information content (AvgIpc) is 3.52. The van der Waals surface area contributed by atoms with Crippen LogP contribution >= 0.6 is 0 Å². The van der Waals surface area contributed by atoms with Gasteiger partial charge in [-0.3, -0.25) is 4.68 Å². The van der Waals surface area contributed by atoms with E-state index in [-0.39, 0.29) is 26.5 Å². The van der Waals surface area contributed by atoms with Crippen LogP contribution in [0.4, 0.5) is 0 Å². The predicted octanol–water partition coefficient (Wildman–Crippen LogP) is 10.8. The van der Waals surface area contributed by atoms with E-state index in [9.17, 15) is 0 Å². The summed E-state index contributed by atoms with van der Waals surface area (Å²) in [4.78, 5) is 4.78. The molecule has 7 rings (SSSR count). The summed E-state index contributed by atoms with van der Waals surface area (Å²) in [6.45, 7) is 17.5. The van der Waals surface area contributed by atoms with Crippen molar-refractivity contribution in [3.8, 4) is 34.1 Å². The summed E-state index contributed by atoms with van der Waals surface area (Å²) in [6, 6.07) is 37.0. The molecule has 0 unspecified atom stereocenters. The molecule has 4 aromatic carbocycles. The van der Waals surface area contributed by atoms with Crippen molar-refractivity contribution in [3.63, 3.8) is 0 Å². The molecule has 0 spiro atoms. The Morgan fingerprint density at radius 2 is 1.59 bits per heavy atom. The molecule has 0 amide bonds. The Morgan fingerprint density at radius 3 is 2.31 bits per heavy atom. The number of hydrogen-bond acceptors (Lipinski definition) is 3. The van der Waals surface area contributed by atoms with E-state index in [4.69, 9.17) is 14.8 Å². The Balaban J connectivity index is 0.00000417. The molecule has 0 fully saturated rings. The number of ether oxygens (including phenoxy) is 1. The molecule has 0 aliphatic rings. The second-order valence-electron chi connectivity index (χ2n) is 14.4. The van der Waals surface area contributed by atoms with Gasteiger partial charge in [0.2, 0.25) is 0 Å². The molecular weight excluding hydrogens is 784 g/mol. The van der Waals surface area contributed by atoms with Gasteiger partial charge in [0.25, 0.3) is 0 Å². The molecule has 0 N–H and O–H groups in total. The van der Waals surface area contributed by atoms with Crippen LogP contribution in [-0.4, -0.2) is 19.3 Å². The Bertz CT molecular complexity index is 2290. The third-order valence-corrected chi connectivity index (χ3v) is 8.98. The molecule has 0 saturated carbocycles. The second kappa shape index (κ2) is 13.4. The zero-order chi connectivity index (χ0) is 33.7. The maximum Gasteiger partial charge on any atom is 2.00 e. The third-order valence-electron chi connectivity index (χ3n) is 8.98. The van der Waals surface area contributed by atoms with Gasteiger partial charge in [0, 0.05) is 34.5 Å². The Morgan fingerprint density at radius 1 is 0.816 bits per heavy atom. The van der Waals surface area contributed by atoms with E-state index in [1.165, 1.54) is 16.5 Å². The summed E-state index contributed by atoms with van der Waals surface area (Å²) in [5.41, 5.74) is 10.9. The number of benzene rings is 4. The van der Waals surface area contributed by atoms with Gasteiger partial charge in [-0.2, -0.15) is 16.7 Å². The molecular formula is C43H42N4OPt. The van der Waals surface area contributed by atoms with Gasteiger partial charge in [0.15, 0.2) is 0 Å². The van der Waals surface area contributed by atoms with Crippen molar-refractivity contribution in [1.29, 1.82) is 0 Å². The first kappa shape index (κ1) is 34.4. The van der Waals surface area contributed by atoms with Crippen molar-refractivity contribution in [1.82, 2.24) is 19.3 Å². The minimum Gasteiger partial charge on any atom is -0.509 e. The van der Waals surface area contributed by atoms with Crippen LogP contribution in [0, 0.1) is 38.8 Å². The molecule has 250 valence electrons. The fourth-order valence-corrected chi connectivity index (χ4v) is 6.69. The Labute approximate surface area is 304 Å². The van der Waals surface area contributed by atoms with Crippen molar-refractivity contribution in [3.05, 3.63) is 131 Å². The van der Waals surface area contributed by atoms with Gasteiger partial charge in [-0.15, -0.1) is 35.7 Å². The summed E-state index contributed by atoms with van der Waals surface area (Å²) >= 11 is 0. The van der Waals surface area contributed by atoms with Crippen LogP contribution in [0.1, 0.15) is 62.7 Å². The summed E-state index contributed by atoms with van der Waals surface area (Å²) < 4.78 is 10.8. The smallest absolute Gasteiger partial charge is 0.509 e. The standard InChI is InChI=1S/C43H42N4O.Pt/c1-27(2)20-31-22-34(47-30(5)42(29(4)45-47)32-12-10-9-11-13-32)25-36(23-31)48-35-15-16-37-38-24-33(43(6,7)8)14-17-39(38)46(40(37)26-35)41-21-28(3)18-19-44-41;/h9-19,21-24,27H,20H2,1-8H3;/q-2;+2. The number of fused-ring (bicyclic) bond motifs is 3. The molecule has 6 heteroatoms. The molecule has 0 atom stereocenters. The Kier molecular flexibility index (Phi) is 9.44. The first-order valence-corrected chi connectivity index (χ1v) is 16.8. The number of pyridine rings is 1. The monoisotopic (exact) mass is 825 g/mol. The molecule has 0 aliphatic heterocycles. The third kappa shape index (κ3) is 6.74. The first-order chi connectivity index (χ1) is 23.0. The van der Waals surface area contributed by atoms with E-state index >= 15 is 0 Å². The Hall–Kier alpha value is -4.47. The molecule has 5 nitrogen and oxygen atoms in total. The van der Waals surface area contributed by atoms with Crippen LogP contribution in [-0.2, 0) is 32.9 Å². The van der Waals surface area contributed by atoms with Crippen LogP contribution in [0.15, 0.2) is 91.1 Å². The molecule has 0 radical (unpaired) electrons. The molecule has 49 heavy (non-hydrogen) atoms. The van der Waals surface area contributed by atoms with E-state index in [0.717, 1.165) is 62.4 Å². The summed E-state index contributed by atoms with van der Waals surface area (Å²) in [6.07, 6.45) is 2.78. The molecule has 3 heterocycles. The van der Waals surface area contributed by atoms with E-state index in [1.54, 1.807) is 0 Å². The molecule has 3 aromatic heterocycles. The van der Waals surface area contributed by atoms with Crippen molar-refractivity contribution < 1.29 is 25.8 Å². The van der Waals surface area contributed by atoms with Gasteiger partial charge in [0.05, 0.1) is 5.69 Å². The van der Waals surface area contributed by atoms with Crippen LogP contribution in [0.2, 0.25) is 0 Å². The van der Waals surface area contributed by atoms with Crippen molar-refractivity contribution in [2.45, 2.75) is 67.2 Å². The van der Waals surface area contributed by atoms with E-state index in [1.807, 2.05) is 29.1 Å². The maximum atomic E-state index is 6.64. The predicted molar refractivity (Wildman–Crippen MR) is 197 cm³/mol. The van der Waals surface area contributed by atoms with Crippen LogP contribution in [0.25, 0.3) is 44.4 Å². The molecule has 0 bridgehead atoms. The number of aryl methyl sites for hydroxylation is 2. The molecule has 0 aliphatic carbocycles. The van der Waals surface area contributed by atoms with Crippen molar-refractivity contribution in [2.75, 3.05) is 0 Å². The number of aromatic nitrogens is 4. The summed E-state index contributed by atoms with van der Waals surface area (Å²) in [5, 5.41) is 7.27. The van der Waals surface area contributed by atoms with Gasteiger partial charge in [-0.1, -0.05) is 82.6 Å². The fourth-order valence-electron chi connectivity index (χ4n) is 6.69. The minimum atomic E-state index is 0. The second-order valence-corrected chi connectivity index (χ2v) is 14.4. The van der Waals surface area contributed by atoms with E-state index in [2.05, 4.69) is 139 Å². The fraction of sp³-hybridized carbons (Fsp3) is 0.256. The average molecular weight is 826 g/mol. The van der Waals surface area contributed by atoms with Gasteiger partial charge < -0.3 is 9.30 Å². The van der Waals surface area contributed by atoms with Gasteiger partial charge in [-0.05, 0) is 84.5 Å². The quantitative estimate of drug-likeness (QED) is 0.150. The van der Waals surface area contributed by atoms with Crippen LogP contribution in [0.3, 0.4) is 0 Å². The number of hydrogen-bond donors (Lipinski definition) is 0. The zero-order valence-corrected chi connectivity index (χ0v) is 31.7. The summed E-state index contributed by atoms with van der Waals surface area (Å²) in [7, 11) is 0.